The number of nitrogens with zero attached hydrogens (tertiary/aromatic N) is 1. The third-order valence-electron chi connectivity index (χ3n) is 2.42. The molecule has 2 nitrogen and oxygen atoms in total. The molecule has 4 heteroatoms. The number of alkyl halides is 2. The lowest BCUT2D eigenvalue weighted by molar-refractivity contribution is -0.0533. The van der Waals surface area contributed by atoms with Gasteiger partial charge in [0.25, 0.3) is 0 Å². The Bertz CT molecular complexity index is 337. The Morgan fingerprint density at radius 3 is 2.79 bits per heavy atom. The van der Waals surface area contributed by atoms with E-state index in [9.17, 15) is 8.78 Å². The van der Waals surface area contributed by atoms with Crippen LogP contribution in [0.3, 0.4) is 0 Å². The van der Waals surface area contributed by atoms with Gasteiger partial charge in [-0.2, -0.15) is 8.78 Å². The molecule has 0 spiro atoms. The van der Waals surface area contributed by atoms with Gasteiger partial charge in [0, 0.05) is 11.8 Å². The molecule has 0 aromatic carbocycles. The fourth-order valence-corrected chi connectivity index (χ4v) is 1.57. The molecule has 76 valence electrons. The minimum Gasteiger partial charge on any atom is -0.417 e. The first kappa shape index (κ1) is 9.37. The minimum atomic E-state index is -2.80. The Balaban J connectivity index is 2.26. The van der Waals surface area contributed by atoms with Gasteiger partial charge in [-0.3, -0.25) is 0 Å². The van der Waals surface area contributed by atoms with Gasteiger partial charge < -0.3 is 4.74 Å². The van der Waals surface area contributed by atoms with Gasteiger partial charge in [-0.05, 0) is 37.3 Å². The lowest BCUT2D eigenvalue weighted by Gasteiger charge is -2.09. The average molecular weight is 199 g/mol. The molecule has 0 unspecified atom stereocenters. The number of halogens is 2. The maximum atomic E-state index is 12.0. The Kier molecular flexibility index (Phi) is 2.35. The average Bonchev–Trinajstić information content (AvgIpc) is 2.91. The summed E-state index contributed by atoms with van der Waals surface area (Å²) < 4.78 is 28.3. The second kappa shape index (κ2) is 3.52. The van der Waals surface area contributed by atoms with E-state index in [-0.39, 0.29) is 5.88 Å². The first-order valence-electron chi connectivity index (χ1n) is 4.59. The van der Waals surface area contributed by atoms with E-state index in [1.165, 1.54) is 6.20 Å². The number of hydrogen-bond acceptors (Lipinski definition) is 2. The summed E-state index contributed by atoms with van der Waals surface area (Å²) in [5, 5.41) is 0. The molecule has 1 fully saturated rings. The summed E-state index contributed by atoms with van der Waals surface area (Å²) in [6.07, 6.45) is 3.80. The van der Waals surface area contributed by atoms with Crippen molar-refractivity contribution in [2.24, 2.45) is 0 Å². The summed E-state index contributed by atoms with van der Waals surface area (Å²) in [4.78, 5) is 3.79. The lowest BCUT2D eigenvalue weighted by Crippen LogP contribution is -2.06. The van der Waals surface area contributed by atoms with Gasteiger partial charge in [0.15, 0.2) is 0 Å². The molecule has 0 atom stereocenters. The largest absolute Gasteiger partial charge is 0.417 e. The van der Waals surface area contributed by atoms with Gasteiger partial charge in [-0.25, -0.2) is 4.98 Å². The fraction of sp³-hybridized carbons (Fsp3) is 0.500. The van der Waals surface area contributed by atoms with Crippen LogP contribution in [0.25, 0.3) is 0 Å². The summed E-state index contributed by atoms with van der Waals surface area (Å²) in [6, 6.07) is 1.88. The van der Waals surface area contributed by atoms with Crippen LogP contribution in [-0.2, 0) is 0 Å². The number of aromatic nitrogens is 1. The molecular weight excluding hydrogens is 188 g/mol. The molecule has 0 saturated heterocycles. The van der Waals surface area contributed by atoms with Crippen LogP contribution in [0.15, 0.2) is 12.3 Å². The van der Waals surface area contributed by atoms with E-state index >= 15 is 0 Å². The fourth-order valence-electron chi connectivity index (χ4n) is 1.57. The topological polar surface area (TPSA) is 22.1 Å². The van der Waals surface area contributed by atoms with Crippen LogP contribution >= 0.6 is 0 Å². The summed E-state index contributed by atoms with van der Waals surface area (Å²) in [6.45, 7) is -1.02. The number of hydrogen-bond donors (Lipinski definition) is 0. The van der Waals surface area contributed by atoms with Crippen molar-refractivity contribution in [3.05, 3.63) is 23.4 Å². The van der Waals surface area contributed by atoms with Crippen LogP contribution in [0.2, 0.25) is 0 Å². The normalized spacial score (nSPS) is 16.0. The third kappa shape index (κ3) is 1.84. The zero-order valence-electron chi connectivity index (χ0n) is 7.84. The van der Waals surface area contributed by atoms with Gasteiger partial charge >= 0.3 is 6.61 Å². The molecule has 1 saturated carbocycles. The molecular formula is C10H11F2NO. The summed E-state index contributed by atoms with van der Waals surface area (Å²) in [5.41, 5.74) is 1.84. The molecule has 1 aromatic heterocycles. The van der Waals surface area contributed by atoms with Crippen molar-refractivity contribution in [1.29, 1.82) is 0 Å². The van der Waals surface area contributed by atoms with Gasteiger partial charge in [0.2, 0.25) is 5.88 Å². The molecule has 0 N–H and O–H groups in total. The van der Waals surface area contributed by atoms with Crippen molar-refractivity contribution in [2.45, 2.75) is 32.3 Å². The first-order valence-corrected chi connectivity index (χ1v) is 4.59. The molecule has 1 aliphatic carbocycles. The highest BCUT2D eigenvalue weighted by Gasteiger charge is 2.26. The highest BCUT2D eigenvalue weighted by molar-refractivity contribution is 5.37. The lowest BCUT2D eigenvalue weighted by atomic mass is 10.1. The van der Waals surface area contributed by atoms with Crippen molar-refractivity contribution in [3.63, 3.8) is 0 Å². The third-order valence-corrected chi connectivity index (χ3v) is 2.42. The predicted molar refractivity (Wildman–Crippen MR) is 47.6 cm³/mol. The molecule has 14 heavy (non-hydrogen) atoms. The van der Waals surface area contributed by atoms with Crippen LogP contribution in [0, 0.1) is 6.92 Å². The second-order valence-corrected chi connectivity index (χ2v) is 3.48. The van der Waals surface area contributed by atoms with E-state index in [0.717, 1.165) is 24.0 Å². The number of ether oxygens (including phenoxy) is 1. The monoisotopic (exact) mass is 199 g/mol. The molecule has 0 radical (unpaired) electrons. The highest BCUT2D eigenvalue weighted by atomic mass is 19.3. The van der Waals surface area contributed by atoms with Crippen LogP contribution in [0.1, 0.15) is 29.9 Å². The standard InChI is InChI=1S/C10H11F2NO/c1-6-8(7-2-3-7)4-5-13-9(6)14-10(11)12/h4-5,7,10H,2-3H2,1H3. The SMILES string of the molecule is Cc1c(C2CC2)ccnc1OC(F)F. The minimum absolute atomic E-state index is 0.0596. The van der Waals surface area contributed by atoms with Crippen molar-refractivity contribution < 1.29 is 13.5 Å². The molecule has 0 amide bonds. The van der Waals surface area contributed by atoms with Crippen molar-refractivity contribution >= 4 is 0 Å². The Labute approximate surface area is 80.9 Å². The summed E-state index contributed by atoms with van der Waals surface area (Å²) in [5.74, 6) is 0.586. The Morgan fingerprint density at radius 1 is 1.50 bits per heavy atom. The Hall–Kier alpha value is -1.19. The number of rotatable bonds is 3. The zero-order chi connectivity index (χ0) is 10.1. The van der Waals surface area contributed by atoms with Gasteiger partial charge in [0.1, 0.15) is 0 Å². The smallest absolute Gasteiger partial charge is 0.388 e. The number of pyridine rings is 1. The first-order chi connectivity index (χ1) is 6.68. The molecule has 0 aliphatic heterocycles. The van der Waals surface area contributed by atoms with E-state index in [1.54, 1.807) is 6.92 Å². The molecule has 2 rings (SSSR count). The Morgan fingerprint density at radius 2 is 2.21 bits per heavy atom. The van der Waals surface area contributed by atoms with Gasteiger partial charge in [-0.1, -0.05) is 0 Å². The molecule has 1 heterocycles. The highest BCUT2D eigenvalue weighted by Crippen LogP contribution is 2.42. The summed E-state index contributed by atoms with van der Waals surface area (Å²) >= 11 is 0. The maximum absolute atomic E-state index is 12.0. The quantitative estimate of drug-likeness (QED) is 0.746. The van der Waals surface area contributed by atoms with Gasteiger partial charge in [-0.15, -0.1) is 0 Å². The van der Waals surface area contributed by atoms with E-state index in [1.807, 2.05) is 6.07 Å². The zero-order valence-corrected chi connectivity index (χ0v) is 7.84. The van der Waals surface area contributed by atoms with E-state index in [0.29, 0.717) is 5.92 Å². The van der Waals surface area contributed by atoms with E-state index < -0.39 is 6.61 Å². The molecule has 0 bridgehead atoms. The van der Waals surface area contributed by atoms with Gasteiger partial charge in [0.05, 0.1) is 0 Å². The molecule has 1 aromatic rings. The van der Waals surface area contributed by atoms with Crippen LogP contribution in [-0.4, -0.2) is 11.6 Å². The van der Waals surface area contributed by atoms with Crippen molar-refractivity contribution in [1.82, 2.24) is 4.98 Å². The second-order valence-electron chi connectivity index (χ2n) is 3.48. The maximum Gasteiger partial charge on any atom is 0.388 e. The van der Waals surface area contributed by atoms with E-state index in [2.05, 4.69) is 9.72 Å². The van der Waals surface area contributed by atoms with Crippen LogP contribution in [0.5, 0.6) is 5.88 Å². The van der Waals surface area contributed by atoms with E-state index in [4.69, 9.17) is 0 Å². The van der Waals surface area contributed by atoms with Crippen molar-refractivity contribution in [2.75, 3.05) is 0 Å². The summed E-state index contributed by atoms with van der Waals surface area (Å²) in [7, 11) is 0. The van der Waals surface area contributed by atoms with Crippen LogP contribution < -0.4 is 4.74 Å². The van der Waals surface area contributed by atoms with Crippen LogP contribution in [0.4, 0.5) is 8.78 Å². The molecule has 1 aliphatic rings. The predicted octanol–water partition coefficient (Wildman–Crippen LogP) is 2.87. The van der Waals surface area contributed by atoms with Crippen molar-refractivity contribution in [3.8, 4) is 5.88 Å².